The number of carbonyl (C=O) groups is 1. The monoisotopic (exact) mass is 1130 g/mol. The lowest BCUT2D eigenvalue weighted by Crippen LogP contribution is -2.13. The maximum Gasteiger partial charge on any atom is 0.282 e. The molecule has 1 unspecified atom stereocenters. The van der Waals surface area contributed by atoms with Crippen LogP contribution in [0.4, 0.5) is 26.3 Å². The first-order valence-electron chi connectivity index (χ1n) is 22.8. The van der Waals surface area contributed by atoms with Crippen molar-refractivity contribution in [2.45, 2.75) is 85.2 Å². The number of aliphatic hydroxyl groups excluding tert-OH is 1. The number of hydrogen-bond acceptors (Lipinski definition) is 10. The number of ether oxygens (including phenoxy) is 4. The van der Waals surface area contributed by atoms with Crippen molar-refractivity contribution in [2.75, 3.05) is 14.2 Å². The molecule has 1 N–H and O–H groups in total. The Morgan fingerprint density at radius 3 is 1.53 bits per heavy atom. The molecule has 73 heavy (non-hydrogen) atoms. The summed E-state index contributed by atoms with van der Waals surface area (Å²) >= 11 is 2.20. The van der Waals surface area contributed by atoms with Crippen molar-refractivity contribution in [1.29, 1.82) is 0 Å². The van der Waals surface area contributed by atoms with Crippen molar-refractivity contribution < 1.29 is 55.2 Å². The van der Waals surface area contributed by atoms with Crippen LogP contribution in [0.1, 0.15) is 114 Å². The van der Waals surface area contributed by atoms with Crippen LogP contribution in [-0.4, -0.2) is 64.7 Å². The summed E-state index contributed by atoms with van der Waals surface area (Å²) in [5.74, 6) is -0.145. The average Bonchev–Trinajstić information content (AvgIpc) is 4.23. The number of nitrogens with zero attached hydrogens (tertiary/aromatic N) is 8. The van der Waals surface area contributed by atoms with Crippen LogP contribution in [0.15, 0.2) is 122 Å². The van der Waals surface area contributed by atoms with E-state index in [1.807, 2.05) is 85.4 Å². The summed E-state index contributed by atoms with van der Waals surface area (Å²) in [7, 11) is 3.04. The van der Waals surface area contributed by atoms with Gasteiger partial charge in [-0.1, -0.05) is 60.7 Å². The van der Waals surface area contributed by atoms with Gasteiger partial charge in [0.1, 0.15) is 34.8 Å². The number of alkyl halides is 4. The normalized spacial score (nSPS) is 12.4. The average molecular weight is 1130 g/mol. The van der Waals surface area contributed by atoms with Gasteiger partial charge in [-0.2, -0.15) is 10.2 Å². The summed E-state index contributed by atoms with van der Waals surface area (Å²) in [4.78, 5) is 11.3. The zero-order valence-corrected chi connectivity index (χ0v) is 42.7. The van der Waals surface area contributed by atoms with Gasteiger partial charge in [-0.05, 0) is 110 Å². The Morgan fingerprint density at radius 2 is 1.08 bits per heavy atom. The maximum absolute atomic E-state index is 14.3. The fraction of sp³-hybridized carbons (Fsp3) is 0.288. The Kier molecular flexibility index (Phi) is 19.9. The van der Waals surface area contributed by atoms with Crippen molar-refractivity contribution in [3.05, 3.63) is 187 Å². The molecule has 0 saturated carbocycles. The highest BCUT2D eigenvalue weighted by Crippen LogP contribution is 2.36. The highest BCUT2D eigenvalue weighted by molar-refractivity contribution is 14.1. The van der Waals surface area contributed by atoms with E-state index in [2.05, 4.69) is 43.0 Å². The lowest BCUT2D eigenvalue weighted by Gasteiger charge is -2.20. The molecule has 0 aliphatic heterocycles. The van der Waals surface area contributed by atoms with Crippen molar-refractivity contribution in [1.82, 2.24) is 39.1 Å². The molecule has 4 aromatic heterocycles. The summed E-state index contributed by atoms with van der Waals surface area (Å²) in [5, 5.41) is 27.5. The van der Waals surface area contributed by atoms with Gasteiger partial charge in [-0.3, -0.25) is 14.2 Å². The fourth-order valence-electron chi connectivity index (χ4n) is 7.33. The van der Waals surface area contributed by atoms with E-state index in [0.717, 1.165) is 38.1 Å². The molecule has 8 aromatic rings. The van der Waals surface area contributed by atoms with E-state index >= 15 is 0 Å². The molecule has 21 heteroatoms. The minimum absolute atomic E-state index is 0.0478. The number of aromatic nitrogens is 8. The van der Waals surface area contributed by atoms with Gasteiger partial charge in [-0.25, -0.2) is 35.7 Å². The Hall–Kier alpha value is -6.82. The van der Waals surface area contributed by atoms with E-state index in [0.29, 0.717) is 53.4 Å². The van der Waals surface area contributed by atoms with Gasteiger partial charge in [0.2, 0.25) is 11.8 Å². The van der Waals surface area contributed by atoms with E-state index in [1.165, 1.54) is 48.2 Å². The number of rotatable bonds is 19. The third-order valence-corrected chi connectivity index (χ3v) is 11.9. The first kappa shape index (κ1) is 55.5. The van der Waals surface area contributed by atoms with Gasteiger partial charge >= 0.3 is 0 Å². The van der Waals surface area contributed by atoms with Crippen molar-refractivity contribution in [2.24, 2.45) is 0 Å². The van der Waals surface area contributed by atoms with Gasteiger partial charge in [0.15, 0.2) is 6.29 Å². The number of benzene rings is 4. The predicted molar refractivity (Wildman–Crippen MR) is 267 cm³/mol. The first-order valence-corrected chi connectivity index (χ1v) is 23.8. The summed E-state index contributed by atoms with van der Waals surface area (Å²) in [6.45, 7) is 9.33. The number of aryl methyl sites for hydroxylation is 2. The molecular weight excluding hydrogens is 1070 g/mol. The number of carbonyl (C=O) groups excluding carboxylic acids is 1. The molecule has 0 saturated heterocycles. The second kappa shape index (κ2) is 26.2. The van der Waals surface area contributed by atoms with Gasteiger partial charge < -0.3 is 24.1 Å². The molecule has 4 aromatic carbocycles. The SMILES string of the molecule is CCn1cc(C(O)c2cc(C(F)F)nn2-c2ccc(F)cc2[C@@H](C)OCc2ccccc2)c(OC)n1.CCn1cc(I)c(OC)n1.C[C@@H](OCc1ccccc1)c1cc(F)ccc1-n1nc(C(F)F)cc1C=O. The molecular formula is C52H53F6IN8O6. The van der Waals surface area contributed by atoms with Crippen LogP contribution in [0, 0.1) is 15.2 Å². The molecule has 0 radical (unpaired) electrons. The molecule has 0 amide bonds. The van der Waals surface area contributed by atoms with Gasteiger partial charge in [0.05, 0.1) is 65.8 Å². The van der Waals surface area contributed by atoms with Crippen molar-refractivity contribution in [3.8, 4) is 23.1 Å². The predicted octanol–water partition coefficient (Wildman–Crippen LogP) is 12.1. The van der Waals surface area contributed by atoms with Crippen LogP contribution in [-0.2, 0) is 35.8 Å². The maximum atomic E-state index is 14.3. The molecule has 0 fully saturated rings. The zero-order valence-electron chi connectivity index (χ0n) is 40.6. The number of halogens is 7. The zero-order chi connectivity index (χ0) is 52.8. The van der Waals surface area contributed by atoms with Crippen LogP contribution in [0.5, 0.6) is 11.8 Å². The molecule has 0 spiro atoms. The number of aliphatic hydroxyl groups is 1. The third kappa shape index (κ3) is 14.2. The van der Waals surface area contributed by atoms with Gasteiger partial charge in [0.25, 0.3) is 12.9 Å². The Bertz CT molecular complexity index is 3020. The molecule has 0 bridgehead atoms. The van der Waals surface area contributed by atoms with Crippen LogP contribution in [0.25, 0.3) is 11.4 Å². The van der Waals surface area contributed by atoms with Crippen LogP contribution >= 0.6 is 22.6 Å². The number of aldehydes is 1. The lowest BCUT2D eigenvalue weighted by atomic mass is 10.1. The Labute approximate surface area is 431 Å². The Balaban J connectivity index is 0.000000205. The van der Waals surface area contributed by atoms with E-state index in [-0.39, 0.29) is 23.9 Å². The largest absolute Gasteiger partial charge is 0.480 e. The van der Waals surface area contributed by atoms with Gasteiger partial charge in [-0.15, -0.1) is 10.2 Å². The standard InChI is InChI=1S/C26H27F3N4O3.C20H17F3N2O2.C6H9IN2O/c1-4-32-14-20(26(31-32)35-3)24(34)23-13-21(25(28)29)30-33(23)22-11-10-18(27)12-19(22)16(2)36-15-17-8-6-5-7-9-17;1-13(27-12-14-5-3-2-4-6-14)17-9-15(21)7-8-19(17)25-16(11-26)10-18(24-25)20(22)23;1-3-9-4-5(7)6(8-9)10-2/h5-14,16,24-25,34H,4,15H2,1-3H3;2-11,13,20H,12H2,1H3;4H,3H2,1-2H3/t16-,24?;13-;/m11./s1. The second-order valence-corrected chi connectivity index (χ2v) is 17.2. The van der Waals surface area contributed by atoms with Crippen LogP contribution in [0.2, 0.25) is 0 Å². The summed E-state index contributed by atoms with van der Waals surface area (Å²) in [6.07, 6.45) is -4.29. The number of methoxy groups -OCH3 is 2. The molecule has 4 heterocycles. The van der Waals surface area contributed by atoms with E-state index in [1.54, 1.807) is 31.8 Å². The third-order valence-electron chi connectivity index (χ3n) is 11.1. The highest BCUT2D eigenvalue weighted by Gasteiger charge is 2.29. The Morgan fingerprint density at radius 1 is 0.616 bits per heavy atom. The van der Waals surface area contributed by atoms with E-state index in [4.69, 9.17) is 18.9 Å². The van der Waals surface area contributed by atoms with E-state index < -0.39 is 54.2 Å². The molecule has 0 aliphatic carbocycles. The molecule has 14 nitrogen and oxygen atoms in total. The summed E-state index contributed by atoms with van der Waals surface area (Å²) < 4.78 is 110. The summed E-state index contributed by atoms with van der Waals surface area (Å²) in [5.41, 5.74) is 2.52. The first-order chi connectivity index (χ1) is 35.1. The van der Waals surface area contributed by atoms with Crippen LogP contribution < -0.4 is 9.47 Å². The smallest absolute Gasteiger partial charge is 0.282 e. The minimum atomic E-state index is -2.88. The molecule has 0 aliphatic rings. The summed E-state index contributed by atoms with van der Waals surface area (Å²) in [6, 6.07) is 28.8. The van der Waals surface area contributed by atoms with Gasteiger partial charge in [0, 0.05) is 36.6 Å². The fourth-order valence-corrected chi connectivity index (χ4v) is 7.98. The topological polar surface area (TPSA) is 146 Å². The minimum Gasteiger partial charge on any atom is -0.480 e. The van der Waals surface area contributed by atoms with Crippen molar-refractivity contribution >= 4 is 28.9 Å². The number of hydrogen-bond donors (Lipinski definition) is 1. The molecule has 8 rings (SSSR count). The quantitative estimate of drug-likeness (QED) is 0.0472. The van der Waals surface area contributed by atoms with E-state index in [9.17, 15) is 36.2 Å². The van der Waals surface area contributed by atoms with Crippen molar-refractivity contribution in [3.63, 3.8) is 0 Å². The molecule has 386 valence electrons. The van der Waals surface area contributed by atoms with Crippen LogP contribution in [0.3, 0.4) is 0 Å². The molecule has 3 atom stereocenters. The lowest BCUT2D eigenvalue weighted by molar-refractivity contribution is 0.0521. The second-order valence-electron chi connectivity index (χ2n) is 16.0. The highest BCUT2D eigenvalue weighted by atomic mass is 127.